The van der Waals surface area contributed by atoms with Gasteiger partial charge in [0.05, 0.1) is 11.1 Å². The third kappa shape index (κ3) is 5.36. The van der Waals surface area contributed by atoms with E-state index >= 15 is 0 Å². The van der Waals surface area contributed by atoms with Crippen LogP contribution in [0.3, 0.4) is 0 Å². The molecule has 1 aliphatic rings. The van der Waals surface area contributed by atoms with Crippen LogP contribution in [0.25, 0.3) is 6.08 Å². The Morgan fingerprint density at radius 3 is 2.96 bits per heavy atom. The summed E-state index contributed by atoms with van der Waals surface area (Å²) in [4.78, 5) is 12.2. The quantitative estimate of drug-likeness (QED) is 0.579. The SMILES string of the molecule is N#C/C(=C\c1ccc(COc2ccccc2Cl)o1)C(=O)NC[C@H]1CCCO1. The van der Waals surface area contributed by atoms with E-state index in [1.54, 1.807) is 24.3 Å². The molecular formula is C20H19ClN2O4. The van der Waals surface area contributed by atoms with Crippen LogP contribution in [-0.2, 0) is 16.1 Å². The maximum Gasteiger partial charge on any atom is 0.262 e. The van der Waals surface area contributed by atoms with Crippen LogP contribution < -0.4 is 10.1 Å². The summed E-state index contributed by atoms with van der Waals surface area (Å²) in [7, 11) is 0. The molecule has 1 aromatic heterocycles. The van der Waals surface area contributed by atoms with Crippen molar-refractivity contribution in [2.45, 2.75) is 25.6 Å². The van der Waals surface area contributed by atoms with Gasteiger partial charge in [-0.2, -0.15) is 5.26 Å². The van der Waals surface area contributed by atoms with E-state index in [1.165, 1.54) is 6.08 Å². The lowest BCUT2D eigenvalue weighted by Gasteiger charge is -2.09. The number of furan rings is 1. The third-order valence-corrected chi connectivity index (χ3v) is 4.37. The normalized spacial score (nSPS) is 16.7. The molecule has 0 bridgehead atoms. The van der Waals surface area contributed by atoms with E-state index in [4.69, 9.17) is 25.5 Å². The molecule has 1 fully saturated rings. The Kier molecular flexibility index (Phi) is 6.53. The zero-order valence-electron chi connectivity index (χ0n) is 14.6. The molecule has 3 rings (SSSR count). The van der Waals surface area contributed by atoms with E-state index in [0.717, 1.165) is 12.8 Å². The second-order valence-corrected chi connectivity index (χ2v) is 6.45. The van der Waals surface area contributed by atoms with Crippen LogP contribution in [0.5, 0.6) is 5.75 Å². The minimum absolute atomic E-state index is 0.0195. The third-order valence-electron chi connectivity index (χ3n) is 4.05. The molecule has 1 aromatic carbocycles. The van der Waals surface area contributed by atoms with Gasteiger partial charge in [0.1, 0.15) is 35.5 Å². The van der Waals surface area contributed by atoms with E-state index in [9.17, 15) is 10.1 Å². The minimum Gasteiger partial charge on any atom is -0.484 e. The molecule has 1 N–H and O–H groups in total. The molecule has 6 nitrogen and oxygen atoms in total. The number of ether oxygens (including phenoxy) is 2. The zero-order chi connectivity index (χ0) is 19.1. The molecule has 2 heterocycles. The summed E-state index contributed by atoms with van der Waals surface area (Å²) in [6.45, 7) is 1.30. The lowest BCUT2D eigenvalue weighted by atomic mass is 10.2. The van der Waals surface area contributed by atoms with E-state index in [-0.39, 0.29) is 18.3 Å². The van der Waals surface area contributed by atoms with Crippen molar-refractivity contribution in [3.8, 4) is 11.8 Å². The number of hydrogen-bond donors (Lipinski definition) is 1. The van der Waals surface area contributed by atoms with Gasteiger partial charge in [0.2, 0.25) is 0 Å². The number of nitrogens with zero attached hydrogens (tertiary/aromatic N) is 1. The van der Waals surface area contributed by atoms with Crippen molar-refractivity contribution in [2.75, 3.05) is 13.2 Å². The number of hydrogen-bond acceptors (Lipinski definition) is 5. The molecule has 1 aliphatic heterocycles. The molecular weight excluding hydrogens is 368 g/mol. The smallest absolute Gasteiger partial charge is 0.262 e. The highest BCUT2D eigenvalue weighted by Gasteiger charge is 2.18. The number of halogens is 1. The van der Waals surface area contributed by atoms with Gasteiger partial charge in [0, 0.05) is 19.2 Å². The first-order valence-corrected chi connectivity index (χ1v) is 9.01. The predicted molar refractivity (Wildman–Crippen MR) is 100 cm³/mol. The topological polar surface area (TPSA) is 84.5 Å². The molecule has 0 unspecified atom stereocenters. The highest BCUT2D eigenvalue weighted by Crippen LogP contribution is 2.24. The van der Waals surface area contributed by atoms with E-state index in [1.807, 2.05) is 18.2 Å². The van der Waals surface area contributed by atoms with E-state index in [2.05, 4.69) is 5.32 Å². The lowest BCUT2D eigenvalue weighted by Crippen LogP contribution is -2.32. The zero-order valence-corrected chi connectivity index (χ0v) is 15.4. The maximum atomic E-state index is 12.2. The Balaban J connectivity index is 1.57. The Hall–Kier alpha value is -2.75. The van der Waals surface area contributed by atoms with Crippen molar-refractivity contribution in [2.24, 2.45) is 0 Å². The largest absolute Gasteiger partial charge is 0.484 e. The van der Waals surface area contributed by atoms with Gasteiger partial charge in [-0.3, -0.25) is 4.79 Å². The van der Waals surface area contributed by atoms with Gasteiger partial charge in [-0.1, -0.05) is 23.7 Å². The Morgan fingerprint density at radius 1 is 1.37 bits per heavy atom. The van der Waals surface area contributed by atoms with Crippen molar-refractivity contribution in [1.82, 2.24) is 5.32 Å². The number of rotatable bonds is 7. The van der Waals surface area contributed by atoms with Crippen LogP contribution in [0.4, 0.5) is 0 Å². The standard InChI is InChI=1S/C20H19ClN2O4/c21-18-5-1-2-6-19(18)26-13-17-8-7-15(27-17)10-14(11-22)20(24)23-12-16-4-3-9-25-16/h1-2,5-8,10,16H,3-4,9,12-13H2,(H,23,24)/b14-10+/t16-/m1/s1. The van der Waals surface area contributed by atoms with Crippen LogP contribution in [0.15, 0.2) is 46.4 Å². The van der Waals surface area contributed by atoms with Crippen LogP contribution in [-0.4, -0.2) is 25.2 Å². The fourth-order valence-electron chi connectivity index (χ4n) is 2.66. The van der Waals surface area contributed by atoms with Gasteiger partial charge in [-0.05, 0) is 37.1 Å². The van der Waals surface area contributed by atoms with Crippen molar-refractivity contribution < 1.29 is 18.7 Å². The molecule has 27 heavy (non-hydrogen) atoms. The number of carbonyl (C=O) groups is 1. The molecule has 140 valence electrons. The van der Waals surface area contributed by atoms with Crippen molar-refractivity contribution in [1.29, 1.82) is 5.26 Å². The lowest BCUT2D eigenvalue weighted by molar-refractivity contribution is -0.117. The molecule has 1 amide bonds. The van der Waals surface area contributed by atoms with Crippen molar-refractivity contribution in [3.05, 3.63) is 58.5 Å². The van der Waals surface area contributed by atoms with E-state index in [0.29, 0.717) is 35.4 Å². The monoisotopic (exact) mass is 386 g/mol. The molecule has 7 heteroatoms. The van der Waals surface area contributed by atoms with Crippen LogP contribution in [0.2, 0.25) is 5.02 Å². The molecule has 0 aliphatic carbocycles. The Labute approximate surface area is 162 Å². The van der Waals surface area contributed by atoms with Crippen molar-refractivity contribution in [3.63, 3.8) is 0 Å². The first-order chi connectivity index (χ1) is 13.2. The maximum absolute atomic E-state index is 12.2. The molecule has 0 saturated carbocycles. The minimum atomic E-state index is -0.446. The summed E-state index contributed by atoms with van der Waals surface area (Å²) in [5, 5.41) is 12.5. The number of para-hydroxylation sites is 1. The molecule has 1 saturated heterocycles. The number of carbonyl (C=O) groups excluding carboxylic acids is 1. The Morgan fingerprint density at radius 2 is 2.22 bits per heavy atom. The number of nitriles is 1. The second kappa shape index (κ2) is 9.26. The van der Waals surface area contributed by atoms with Crippen LogP contribution in [0.1, 0.15) is 24.4 Å². The highest BCUT2D eigenvalue weighted by molar-refractivity contribution is 6.32. The summed E-state index contributed by atoms with van der Waals surface area (Å²) in [5.41, 5.74) is -0.0269. The second-order valence-electron chi connectivity index (χ2n) is 6.04. The average Bonchev–Trinajstić information content (AvgIpc) is 3.35. The van der Waals surface area contributed by atoms with Gasteiger partial charge in [-0.25, -0.2) is 0 Å². The number of amides is 1. The Bertz CT molecular complexity index is 863. The molecule has 0 spiro atoms. The van der Waals surface area contributed by atoms with E-state index < -0.39 is 5.91 Å². The average molecular weight is 387 g/mol. The summed E-state index contributed by atoms with van der Waals surface area (Å²) in [6, 6.07) is 12.4. The highest BCUT2D eigenvalue weighted by atomic mass is 35.5. The number of benzene rings is 1. The fraction of sp³-hybridized carbons (Fsp3) is 0.300. The molecule has 0 radical (unpaired) electrons. The summed E-state index contributed by atoms with van der Waals surface area (Å²) < 4.78 is 16.7. The van der Waals surface area contributed by atoms with Gasteiger partial charge in [-0.15, -0.1) is 0 Å². The fourth-order valence-corrected chi connectivity index (χ4v) is 2.85. The van der Waals surface area contributed by atoms with Gasteiger partial charge >= 0.3 is 0 Å². The first-order valence-electron chi connectivity index (χ1n) is 8.63. The summed E-state index contributed by atoms with van der Waals surface area (Å²) >= 11 is 6.04. The van der Waals surface area contributed by atoms with Crippen molar-refractivity contribution >= 4 is 23.6 Å². The molecule has 2 aromatic rings. The first kappa shape index (κ1) is 19.0. The van der Waals surface area contributed by atoms with Gasteiger partial charge < -0.3 is 19.2 Å². The predicted octanol–water partition coefficient (Wildman–Crippen LogP) is 3.71. The van der Waals surface area contributed by atoms with Crippen LogP contribution in [0, 0.1) is 11.3 Å². The molecule has 1 atom stereocenters. The van der Waals surface area contributed by atoms with Gasteiger partial charge in [0.15, 0.2) is 0 Å². The van der Waals surface area contributed by atoms with Gasteiger partial charge in [0.25, 0.3) is 5.91 Å². The van der Waals surface area contributed by atoms with Crippen LogP contribution >= 0.6 is 11.6 Å². The summed E-state index contributed by atoms with van der Waals surface area (Å²) in [5.74, 6) is 1.06. The summed E-state index contributed by atoms with van der Waals surface area (Å²) in [6.07, 6.45) is 3.33. The number of nitrogens with one attached hydrogen (secondary N) is 1.